The SMILES string of the molecule is CCCC1CCCCN1c1ccc(C(=O)O)cc1. The van der Waals surface area contributed by atoms with E-state index in [1.165, 1.54) is 32.1 Å². The predicted molar refractivity (Wildman–Crippen MR) is 73.3 cm³/mol. The van der Waals surface area contributed by atoms with Gasteiger partial charge in [-0.2, -0.15) is 0 Å². The Kier molecular flexibility index (Phi) is 4.24. The van der Waals surface area contributed by atoms with Crippen molar-refractivity contribution in [1.82, 2.24) is 0 Å². The molecule has 1 atom stereocenters. The normalized spacial score (nSPS) is 19.8. The van der Waals surface area contributed by atoms with Crippen molar-refractivity contribution >= 4 is 11.7 Å². The average Bonchev–Trinajstić information content (AvgIpc) is 2.40. The van der Waals surface area contributed by atoms with E-state index in [0.717, 1.165) is 12.2 Å². The van der Waals surface area contributed by atoms with Gasteiger partial charge in [0.15, 0.2) is 0 Å². The molecule has 98 valence electrons. The van der Waals surface area contributed by atoms with Crippen LogP contribution in [0.4, 0.5) is 5.69 Å². The third-order valence-electron chi connectivity index (χ3n) is 3.69. The Hall–Kier alpha value is -1.51. The summed E-state index contributed by atoms with van der Waals surface area (Å²) in [6.45, 7) is 3.32. The van der Waals surface area contributed by atoms with E-state index >= 15 is 0 Å². The standard InChI is InChI=1S/C15H21NO2/c1-2-5-13-6-3-4-11-16(13)14-9-7-12(8-10-14)15(17)18/h7-10,13H,2-6,11H2,1H3,(H,17,18). The summed E-state index contributed by atoms with van der Waals surface area (Å²) < 4.78 is 0. The Morgan fingerprint density at radius 1 is 1.33 bits per heavy atom. The van der Waals surface area contributed by atoms with E-state index in [1.54, 1.807) is 12.1 Å². The molecule has 0 aromatic heterocycles. The second kappa shape index (κ2) is 5.89. The smallest absolute Gasteiger partial charge is 0.335 e. The van der Waals surface area contributed by atoms with Gasteiger partial charge in [-0.1, -0.05) is 13.3 Å². The van der Waals surface area contributed by atoms with Gasteiger partial charge in [0, 0.05) is 18.3 Å². The monoisotopic (exact) mass is 247 g/mol. The Balaban J connectivity index is 2.15. The van der Waals surface area contributed by atoms with Gasteiger partial charge < -0.3 is 10.0 Å². The van der Waals surface area contributed by atoms with Crippen molar-refractivity contribution in [2.45, 2.75) is 45.1 Å². The van der Waals surface area contributed by atoms with Crippen molar-refractivity contribution in [1.29, 1.82) is 0 Å². The van der Waals surface area contributed by atoms with Gasteiger partial charge >= 0.3 is 5.97 Å². The highest BCUT2D eigenvalue weighted by atomic mass is 16.4. The molecule has 0 aliphatic carbocycles. The molecule has 2 rings (SSSR count). The van der Waals surface area contributed by atoms with Gasteiger partial charge in [0.2, 0.25) is 0 Å². The van der Waals surface area contributed by atoms with Crippen LogP contribution in [0.3, 0.4) is 0 Å². The highest BCUT2D eigenvalue weighted by Crippen LogP contribution is 2.27. The zero-order valence-corrected chi connectivity index (χ0v) is 10.9. The van der Waals surface area contributed by atoms with Gasteiger partial charge in [0.05, 0.1) is 5.56 Å². The van der Waals surface area contributed by atoms with Gasteiger partial charge in [-0.15, -0.1) is 0 Å². The molecule has 3 nitrogen and oxygen atoms in total. The van der Waals surface area contributed by atoms with E-state index < -0.39 is 5.97 Å². The van der Waals surface area contributed by atoms with Crippen molar-refractivity contribution in [3.05, 3.63) is 29.8 Å². The summed E-state index contributed by atoms with van der Waals surface area (Å²) in [6.07, 6.45) is 6.23. The molecule has 1 aliphatic rings. The first-order valence-electron chi connectivity index (χ1n) is 6.82. The number of hydrogen-bond donors (Lipinski definition) is 1. The highest BCUT2D eigenvalue weighted by molar-refractivity contribution is 5.88. The molecule has 0 saturated carbocycles. The number of aromatic carboxylic acids is 1. The summed E-state index contributed by atoms with van der Waals surface area (Å²) in [6, 6.07) is 7.92. The second-order valence-corrected chi connectivity index (χ2v) is 4.98. The summed E-state index contributed by atoms with van der Waals surface area (Å²) in [5.74, 6) is -0.856. The van der Waals surface area contributed by atoms with E-state index in [1.807, 2.05) is 12.1 Å². The van der Waals surface area contributed by atoms with Crippen LogP contribution >= 0.6 is 0 Å². The number of anilines is 1. The van der Waals surface area contributed by atoms with Crippen LogP contribution in [0.15, 0.2) is 24.3 Å². The molecule has 1 saturated heterocycles. The van der Waals surface area contributed by atoms with Crippen LogP contribution in [-0.4, -0.2) is 23.7 Å². The van der Waals surface area contributed by atoms with Crippen LogP contribution in [0.1, 0.15) is 49.4 Å². The maximum absolute atomic E-state index is 10.8. The fourth-order valence-electron chi connectivity index (χ4n) is 2.77. The molecule has 0 bridgehead atoms. The number of rotatable bonds is 4. The summed E-state index contributed by atoms with van der Waals surface area (Å²) in [5.41, 5.74) is 1.53. The van der Waals surface area contributed by atoms with E-state index in [4.69, 9.17) is 5.11 Å². The van der Waals surface area contributed by atoms with E-state index in [0.29, 0.717) is 11.6 Å². The van der Waals surface area contributed by atoms with Crippen molar-refractivity contribution in [3.63, 3.8) is 0 Å². The topological polar surface area (TPSA) is 40.5 Å². The summed E-state index contributed by atoms with van der Waals surface area (Å²) in [4.78, 5) is 13.3. The van der Waals surface area contributed by atoms with Crippen LogP contribution in [0.5, 0.6) is 0 Å². The van der Waals surface area contributed by atoms with Crippen LogP contribution < -0.4 is 4.90 Å². The van der Waals surface area contributed by atoms with Crippen molar-refractivity contribution in [2.24, 2.45) is 0 Å². The minimum Gasteiger partial charge on any atom is -0.478 e. The molecule has 0 radical (unpaired) electrons. The fraction of sp³-hybridized carbons (Fsp3) is 0.533. The number of carboxylic acids is 1. The molecular weight excluding hydrogens is 226 g/mol. The minimum atomic E-state index is -0.856. The molecule has 1 aliphatic heterocycles. The van der Waals surface area contributed by atoms with Gasteiger partial charge in [0.25, 0.3) is 0 Å². The molecular formula is C15H21NO2. The lowest BCUT2D eigenvalue weighted by molar-refractivity contribution is 0.0697. The first kappa shape index (κ1) is 12.9. The van der Waals surface area contributed by atoms with E-state index in [2.05, 4.69) is 11.8 Å². The zero-order valence-electron chi connectivity index (χ0n) is 10.9. The summed E-state index contributed by atoms with van der Waals surface area (Å²) >= 11 is 0. The molecule has 1 aromatic rings. The lowest BCUT2D eigenvalue weighted by atomic mass is 9.97. The third kappa shape index (κ3) is 2.84. The third-order valence-corrected chi connectivity index (χ3v) is 3.69. The molecule has 1 unspecified atom stereocenters. The number of carbonyl (C=O) groups is 1. The van der Waals surface area contributed by atoms with Crippen LogP contribution in [0.2, 0.25) is 0 Å². The van der Waals surface area contributed by atoms with E-state index in [9.17, 15) is 4.79 Å². The van der Waals surface area contributed by atoms with Gasteiger partial charge in [0.1, 0.15) is 0 Å². The number of nitrogens with zero attached hydrogens (tertiary/aromatic N) is 1. The molecule has 3 heteroatoms. The molecule has 0 amide bonds. The fourth-order valence-corrected chi connectivity index (χ4v) is 2.77. The minimum absolute atomic E-state index is 0.364. The van der Waals surface area contributed by atoms with Crippen LogP contribution in [0.25, 0.3) is 0 Å². The molecule has 0 spiro atoms. The Labute approximate surface area is 108 Å². The molecule has 1 heterocycles. The second-order valence-electron chi connectivity index (χ2n) is 4.98. The number of piperidine rings is 1. The van der Waals surface area contributed by atoms with Crippen LogP contribution in [0, 0.1) is 0 Å². The number of benzene rings is 1. The van der Waals surface area contributed by atoms with Crippen molar-refractivity contribution < 1.29 is 9.90 Å². The van der Waals surface area contributed by atoms with Gasteiger partial charge in [-0.05, 0) is 49.9 Å². The molecule has 18 heavy (non-hydrogen) atoms. The summed E-state index contributed by atoms with van der Waals surface area (Å²) in [5, 5.41) is 8.91. The number of hydrogen-bond acceptors (Lipinski definition) is 2. The van der Waals surface area contributed by atoms with Gasteiger partial charge in [-0.25, -0.2) is 4.79 Å². The lowest BCUT2D eigenvalue weighted by Crippen LogP contribution is -2.39. The Morgan fingerprint density at radius 2 is 2.06 bits per heavy atom. The number of carboxylic acid groups (broad SMARTS) is 1. The van der Waals surface area contributed by atoms with Crippen molar-refractivity contribution in [2.75, 3.05) is 11.4 Å². The van der Waals surface area contributed by atoms with Gasteiger partial charge in [-0.3, -0.25) is 0 Å². The first-order valence-corrected chi connectivity index (χ1v) is 6.82. The average molecular weight is 247 g/mol. The molecule has 1 N–H and O–H groups in total. The first-order chi connectivity index (χ1) is 8.72. The van der Waals surface area contributed by atoms with E-state index in [-0.39, 0.29) is 0 Å². The Bertz CT molecular complexity index is 397. The quantitative estimate of drug-likeness (QED) is 0.884. The van der Waals surface area contributed by atoms with Crippen molar-refractivity contribution in [3.8, 4) is 0 Å². The molecule has 1 aromatic carbocycles. The maximum atomic E-state index is 10.8. The Morgan fingerprint density at radius 3 is 2.67 bits per heavy atom. The largest absolute Gasteiger partial charge is 0.478 e. The summed E-state index contributed by atoms with van der Waals surface area (Å²) in [7, 11) is 0. The highest BCUT2D eigenvalue weighted by Gasteiger charge is 2.21. The maximum Gasteiger partial charge on any atom is 0.335 e. The zero-order chi connectivity index (χ0) is 13.0. The van der Waals surface area contributed by atoms with Crippen LogP contribution in [-0.2, 0) is 0 Å². The predicted octanol–water partition coefficient (Wildman–Crippen LogP) is 3.54. The lowest BCUT2D eigenvalue weighted by Gasteiger charge is -2.37. The molecule has 1 fully saturated rings.